The number of para-hydroxylation sites is 1. The summed E-state index contributed by atoms with van der Waals surface area (Å²) in [6, 6.07) is 28.5. The molecule has 1 nitrogen and oxygen atoms in total. The second-order valence-corrected chi connectivity index (χ2v) is 7.03. The fourth-order valence-corrected chi connectivity index (χ4v) is 4.18. The molecule has 0 saturated heterocycles. The number of anilines is 2. The number of nitrogens with zero attached hydrogens (tertiary/aromatic N) is 1. The molecule has 1 aliphatic heterocycles. The van der Waals surface area contributed by atoms with E-state index < -0.39 is 0 Å². The minimum Gasteiger partial charge on any atom is -0.313 e. The van der Waals surface area contributed by atoms with Crippen LogP contribution < -0.4 is 4.90 Å². The molecule has 126 valence electrons. The van der Waals surface area contributed by atoms with Crippen molar-refractivity contribution in [3.63, 3.8) is 0 Å². The lowest BCUT2D eigenvalue weighted by Gasteiger charge is -2.25. The van der Waals surface area contributed by atoms with Crippen molar-refractivity contribution in [3.05, 3.63) is 119 Å². The molecule has 0 aromatic heterocycles. The van der Waals surface area contributed by atoms with Gasteiger partial charge in [0, 0.05) is 23.0 Å². The summed E-state index contributed by atoms with van der Waals surface area (Å²) in [5.74, 6) is 0.481. The Morgan fingerprint density at radius 1 is 0.808 bits per heavy atom. The van der Waals surface area contributed by atoms with Gasteiger partial charge in [0.15, 0.2) is 0 Å². The molecule has 26 heavy (non-hydrogen) atoms. The molecule has 0 bridgehead atoms. The molecular formula is C25H21N. The summed E-state index contributed by atoms with van der Waals surface area (Å²) in [6.45, 7) is 0. The van der Waals surface area contributed by atoms with Gasteiger partial charge in [-0.05, 0) is 53.8 Å². The van der Waals surface area contributed by atoms with Crippen LogP contribution in [-0.2, 0) is 6.42 Å². The van der Waals surface area contributed by atoms with E-state index in [2.05, 4.69) is 102 Å². The van der Waals surface area contributed by atoms with Gasteiger partial charge in [-0.3, -0.25) is 0 Å². The first-order valence-electron chi connectivity index (χ1n) is 9.29. The molecule has 0 amide bonds. The topological polar surface area (TPSA) is 3.24 Å². The third-order valence-electron chi connectivity index (χ3n) is 5.36. The van der Waals surface area contributed by atoms with E-state index in [-0.39, 0.29) is 0 Å². The van der Waals surface area contributed by atoms with Gasteiger partial charge in [-0.1, -0.05) is 72.8 Å². The second kappa shape index (κ2) is 6.34. The van der Waals surface area contributed by atoms with Crippen molar-refractivity contribution in [2.45, 2.75) is 18.8 Å². The fourth-order valence-electron chi connectivity index (χ4n) is 4.18. The molecule has 0 radical (unpaired) electrons. The van der Waals surface area contributed by atoms with Crippen LogP contribution in [0.15, 0.2) is 103 Å². The number of allylic oxidation sites excluding steroid dienone is 4. The Morgan fingerprint density at radius 3 is 2.54 bits per heavy atom. The van der Waals surface area contributed by atoms with Gasteiger partial charge in [-0.25, -0.2) is 0 Å². The zero-order valence-electron chi connectivity index (χ0n) is 14.7. The number of hydrogen-bond acceptors (Lipinski definition) is 1. The fraction of sp³-hybridized carbons (Fsp3) is 0.120. The van der Waals surface area contributed by atoms with E-state index in [4.69, 9.17) is 0 Å². The van der Waals surface area contributed by atoms with Gasteiger partial charge in [0.05, 0.1) is 0 Å². The van der Waals surface area contributed by atoms with E-state index in [1.54, 1.807) is 0 Å². The molecule has 0 saturated carbocycles. The van der Waals surface area contributed by atoms with Crippen molar-refractivity contribution < 1.29 is 0 Å². The Bertz CT molecular complexity index is 997. The van der Waals surface area contributed by atoms with E-state index in [1.807, 2.05) is 0 Å². The summed E-state index contributed by atoms with van der Waals surface area (Å²) >= 11 is 0. The minimum atomic E-state index is 0.481. The summed E-state index contributed by atoms with van der Waals surface area (Å²) in [4.78, 5) is 2.44. The predicted octanol–water partition coefficient (Wildman–Crippen LogP) is 6.36. The van der Waals surface area contributed by atoms with Crippen LogP contribution in [0.4, 0.5) is 11.4 Å². The SMILES string of the molecule is C1=CCC2C(=C1)N(c1cccc(Cc3ccccc3)c1)c1ccccc12. The van der Waals surface area contributed by atoms with Gasteiger partial charge in [-0.15, -0.1) is 0 Å². The quantitative estimate of drug-likeness (QED) is 0.538. The van der Waals surface area contributed by atoms with E-state index >= 15 is 0 Å². The third-order valence-corrected chi connectivity index (χ3v) is 5.36. The lowest BCUT2D eigenvalue weighted by molar-refractivity contribution is 0.819. The van der Waals surface area contributed by atoms with Crippen molar-refractivity contribution in [1.82, 2.24) is 0 Å². The maximum absolute atomic E-state index is 2.44. The first-order chi connectivity index (χ1) is 12.9. The molecule has 0 N–H and O–H groups in total. The van der Waals surface area contributed by atoms with Crippen LogP contribution in [0, 0.1) is 0 Å². The Hall–Kier alpha value is -3.06. The van der Waals surface area contributed by atoms with Crippen molar-refractivity contribution >= 4 is 11.4 Å². The highest BCUT2D eigenvalue weighted by molar-refractivity contribution is 5.79. The highest BCUT2D eigenvalue weighted by Gasteiger charge is 2.34. The lowest BCUT2D eigenvalue weighted by atomic mass is 9.92. The largest absolute Gasteiger partial charge is 0.313 e. The minimum absolute atomic E-state index is 0.481. The Morgan fingerprint density at radius 2 is 1.62 bits per heavy atom. The van der Waals surface area contributed by atoms with Crippen molar-refractivity contribution in [1.29, 1.82) is 0 Å². The monoisotopic (exact) mass is 335 g/mol. The summed E-state index contributed by atoms with van der Waals surface area (Å²) in [6.07, 6.45) is 8.80. The highest BCUT2D eigenvalue weighted by atomic mass is 15.2. The highest BCUT2D eigenvalue weighted by Crippen LogP contribution is 2.50. The van der Waals surface area contributed by atoms with Crippen LogP contribution >= 0.6 is 0 Å². The Balaban J connectivity index is 1.56. The first kappa shape index (κ1) is 15.2. The standard InChI is InChI=1S/C25H21N/c1-2-9-19(10-3-1)17-20-11-8-12-21(18-20)26-24-15-6-4-13-22(24)23-14-5-7-16-25(23)26/h1-13,15-16,18,23H,14,17H2. The Kier molecular flexibility index (Phi) is 3.71. The molecule has 1 heteroatoms. The average Bonchev–Trinajstić information content (AvgIpc) is 3.04. The molecule has 2 aliphatic rings. The maximum atomic E-state index is 2.44. The van der Waals surface area contributed by atoms with Crippen molar-refractivity contribution in [2.24, 2.45) is 0 Å². The smallest absolute Gasteiger partial charge is 0.0497 e. The van der Waals surface area contributed by atoms with Crippen LogP contribution in [0.2, 0.25) is 0 Å². The molecule has 1 atom stereocenters. The summed E-state index contributed by atoms with van der Waals surface area (Å²) < 4.78 is 0. The predicted molar refractivity (Wildman–Crippen MR) is 109 cm³/mol. The van der Waals surface area contributed by atoms with Gasteiger partial charge in [0.2, 0.25) is 0 Å². The van der Waals surface area contributed by atoms with Gasteiger partial charge in [-0.2, -0.15) is 0 Å². The van der Waals surface area contributed by atoms with Crippen LogP contribution in [0.3, 0.4) is 0 Å². The third kappa shape index (κ3) is 2.57. The lowest BCUT2D eigenvalue weighted by Crippen LogP contribution is -2.14. The van der Waals surface area contributed by atoms with Gasteiger partial charge in [0.1, 0.15) is 0 Å². The van der Waals surface area contributed by atoms with Crippen LogP contribution in [0.1, 0.15) is 29.0 Å². The molecule has 3 aromatic rings. The van der Waals surface area contributed by atoms with E-state index in [0.717, 1.165) is 12.8 Å². The number of benzene rings is 3. The Labute approximate surface area is 154 Å². The summed E-state index contributed by atoms with van der Waals surface area (Å²) in [7, 11) is 0. The molecule has 1 aliphatic carbocycles. The first-order valence-corrected chi connectivity index (χ1v) is 9.29. The van der Waals surface area contributed by atoms with Crippen molar-refractivity contribution in [2.75, 3.05) is 4.90 Å². The number of rotatable bonds is 3. The normalized spacial score (nSPS) is 17.6. The van der Waals surface area contributed by atoms with Crippen molar-refractivity contribution in [3.8, 4) is 0 Å². The molecule has 5 rings (SSSR count). The molecule has 1 heterocycles. The summed E-state index contributed by atoms with van der Waals surface area (Å²) in [5, 5.41) is 0. The van der Waals surface area contributed by atoms with E-state index in [9.17, 15) is 0 Å². The van der Waals surface area contributed by atoms with Gasteiger partial charge >= 0.3 is 0 Å². The molecule has 3 aromatic carbocycles. The van der Waals surface area contributed by atoms with Gasteiger partial charge in [0.25, 0.3) is 0 Å². The zero-order chi connectivity index (χ0) is 17.3. The molecule has 0 fully saturated rings. The molecule has 0 spiro atoms. The number of fused-ring (bicyclic) bond motifs is 3. The average molecular weight is 335 g/mol. The van der Waals surface area contributed by atoms with Gasteiger partial charge < -0.3 is 4.90 Å². The molecular weight excluding hydrogens is 314 g/mol. The zero-order valence-corrected chi connectivity index (χ0v) is 14.7. The van der Waals surface area contributed by atoms with E-state index in [1.165, 1.54) is 33.8 Å². The molecule has 1 unspecified atom stereocenters. The number of hydrogen-bond donors (Lipinski definition) is 0. The van der Waals surface area contributed by atoms with E-state index in [0.29, 0.717) is 5.92 Å². The van der Waals surface area contributed by atoms with Crippen LogP contribution in [0.25, 0.3) is 0 Å². The van der Waals surface area contributed by atoms with Crippen LogP contribution in [-0.4, -0.2) is 0 Å². The van der Waals surface area contributed by atoms with Crippen LogP contribution in [0.5, 0.6) is 0 Å². The maximum Gasteiger partial charge on any atom is 0.0497 e. The summed E-state index contributed by atoms with van der Waals surface area (Å²) in [5.41, 5.74) is 8.12. The second-order valence-electron chi connectivity index (χ2n) is 7.03.